The van der Waals surface area contributed by atoms with Gasteiger partial charge >= 0.3 is 5.97 Å². The highest BCUT2D eigenvalue weighted by Crippen LogP contribution is 2.27. The van der Waals surface area contributed by atoms with Crippen LogP contribution in [0.3, 0.4) is 0 Å². The summed E-state index contributed by atoms with van der Waals surface area (Å²) in [6.45, 7) is 0.213. The summed E-state index contributed by atoms with van der Waals surface area (Å²) >= 11 is 0. The molecule has 0 aromatic heterocycles. The van der Waals surface area contributed by atoms with E-state index >= 15 is 0 Å². The highest BCUT2D eigenvalue weighted by Gasteiger charge is 2.24. The molecule has 0 aliphatic heterocycles. The van der Waals surface area contributed by atoms with E-state index in [4.69, 9.17) is 5.11 Å². The van der Waals surface area contributed by atoms with Crippen molar-refractivity contribution in [1.29, 1.82) is 0 Å². The van der Waals surface area contributed by atoms with Crippen LogP contribution in [0.25, 0.3) is 0 Å². The van der Waals surface area contributed by atoms with Gasteiger partial charge in [-0.2, -0.15) is 0 Å². The van der Waals surface area contributed by atoms with Crippen LogP contribution in [0.5, 0.6) is 0 Å². The molecule has 2 atom stereocenters. The van der Waals surface area contributed by atoms with Crippen LogP contribution in [0.4, 0.5) is 5.69 Å². The van der Waals surface area contributed by atoms with E-state index in [-0.39, 0.29) is 6.61 Å². The number of aliphatic hydroxyl groups excluding tert-OH is 1. The minimum atomic E-state index is -0.910. The zero-order valence-corrected chi connectivity index (χ0v) is 10.3. The molecular weight excluding hydrogens is 230 g/mol. The molecule has 2 unspecified atom stereocenters. The molecule has 1 saturated carbocycles. The molecule has 1 aliphatic carbocycles. The maximum atomic E-state index is 10.7. The predicted molar refractivity (Wildman–Crippen MR) is 69.9 cm³/mol. The van der Waals surface area contributed by atoms with Gasteiger partial charge in [0.25, 0.3) is 0 Å². The van der Waals surface area contributed by atoms with Gasteiger partial charge < -0.3 is 15.5 Å². The van der Waals surface area contributed by atoms with E-state index in [0.717, 1.165) is 18.5 Å². The quantitative estimate of drug-likeness (QED) is 0.766. The van der Waals surface area contributed by atoms with E-state index < -0.39 is 5.97 Å². The summed E-state index contributed by atoms with van der Waals surface area (Å²) in [5.74, 6) is -0.606. The van der Waals surface area contributed by atoms with Crippen LogP contribution in [0.1, 0.15) is 36.0 Å². The standard InChI is InChI=1S/C14H19NO3/c16-9-11-3-1-2-4-13(11)15-12-7-5-10(6-8-12)14(17)18/h5-8,11,13,15-16H,1-4,9H2,(H,17,18). The molecule has 98 valence electrons. The Balaban J connectivity index is 2.01. The number of nitrogens with one attached hydrogen (secondary N) is 1. The van der Waals surface area contributed by atoms with Gasteiger partial charge in [-0.05, 0) is 37.1 Å². The average molecular weight is 249 g/mol. The molecule has 1 aromatic carbocycles. The second-order valence-electron chi connectivity index (χ2n) is 4.86. The largest absolute Gasteiger partial charge is 0.478 e. The smallest absolute Gasteiger partial charge is 0.335 e. The molecule has 0 bridgehead atoms. The number of carboxylic acids is 1. The van der Waals surface area contributed by atoms with Crippen LogP contribution in [-0.2, 0) is 0 Å². The summed E-state index contributed by atoms with van der Waals surface area (Å²) in [5, 5.41) is 21.6. The minimum absolute atomic E-state index is 0.213. The van der Waals surface area contributed by atoms with Crippen LogP contribution in [-0.4, -0.2) is 28.8 Å². The van der Waals surface area contributed by atoms with E-state index in [1.54, 1.807) is 24.3 Å². The Kier molecular flexibility index (Phi) is 4.20. The SMILES string of the molecule is O=C(O)c1ccc(NC2CCCCC2CO)cc1. The van der Waals surface area contributed by atoms with E-state index in [9.17, 15) is 9.90 Å². The number of aromatic carboxylic acids is 1. The first-order chi connectivity index (χ1) is 8.70. The summed E-state index contributed by atoms with van der Waals surface area (Å²) in [5.41, 5.74) is 1.22. The van der Waals surface area contributed by atoms with Gasteiger partial charge in [0.15, 0.2) is 0 Å². The molecule has 0 heterocycles. The molecule has 1 fully saturated rings. The molecule has 0 radical (unpaired) electrons. The molecule has 0 spiro atoms. The predicted octanol–water partition coefficient (Wildman–Crippen LogP) is 2.35. The van der Waals surface area contributed by atoms with E-state index in [1.165, 1.54) is 12.8 Å². The third-order valence-electron chi connectivity index (χ3n) is 3.63. The molecule has 1 aliphatic rings. The number of aliphatic hydroxyl groups is 1. The molecule has 0 saturated heterocycles. The van der Waals surface area contributed by atoms with Crippen molar-refractivity contribution in [3.63, 3.8) is 0 Å². The van der Waals surface area contributed by atoms with Gasteiger partial charge in [0.05, 0.1) is 5.56 Å². The van der Waals surface area contributed by atoms with Crippen molar-refractivity contribution < 1.29 is 15.0 Å². The monoisotopic (exact) mass is 249 g/mol. The third kappa shape index (κ3) is 3.01. The lowest BCUT2D eigenvalue weighted by atomic mass is 9.85. The van der Waals surface area contributed by atoms with Crippen molar-refractivity contribution in [1.82, 2.24) is 0 Å². The molecule has 4 heteroatoms. The maximum absolute atomic E-state index is 10.7. The molecule has 4 nitrogen and oxygen atoms in total. The van der Waals surface area contributed by atoms with Gasteiger partial charge in [-0.3, -0.25) is 0 Å². The lowest BCUT2D eigenvalue weighted by Crippen LogP contribution is -2.34. The lowest BCUT2D eigenvalue weighted by molar-refractivity contribution is 0.0697. The van der Waals surface area contributed by atoms with E-state index in [1.807, 2.05) is 0 Å². The summed E-state index contributed by atoms with van der Waals surface area (Å²) in [4.78, 5) is 10.7. The normalized spacial score (nSPS) is 23.6. The second-order valence-corrected chi connectivity index (χ2v) is 4.86. The topological polar surface area (TPSA) is 69.6 Å². The van der Waals surface area contributed by atoms with Crippen molar-refractivity contribution in [2.24, 2.45) is 5.92 Å². The molecule has 18 heavy (non-hydrogen) atoms. The first kappa shape index (κ1) is 12.9. The molecular formula is C14H19NO3. The fourth-order valence-corrected chi connectivity index (χ4v) is 2.54. The lowest BCUT2D eigenvalue weighted by Gasteiger charge is -2.31. The van der Waals surface area contributed by atoms with Crippen LogP contribution in [0.15, 0.2) is 24.3 Å². The fourth-order valence-electron chi connectivity index (χ4n) is 2.54. The van der Waals surface area contributed by atoms with Gasteiger partial charge in [-0.1, -0.05) is 12.8 Å². The maximum Gasteiger partial charge on any atom is 0.335 e. The number of benzene rings is 1. The first-order valence-electron chi connectivity index (χ1n) is 6.41. The molecule has 3 N–H and O–H groups in total. The van der Waals surface area contributed by atoms with Crippen LogP contribution in [0, 0.1) is 5.92 Å². The Hall–Kier alpha value is -1.55. The Morgan fingerprint density at radius 1 is 1.22 bits per heavy atom. The minimum Gasteiger partial charge on any atom is -0.478 e. The van der Waals surface area contributed by atoms with Gasteiger partial charge in [0.2, 0.25) is 0 Å². The summed E-state index contributed by atoms with van der Waals surface area (Å²) in [6, 6.07) is 7.06. The first-order valence-corrected chi connectivity index (χ1v) is 6.41. The molecule has 1 aromatic rings. The van der Waals surface area contributed by atoms with Crippen LogP contribution < -0.4 is 5.32 Å². The van der Waals surface area contributed by atoms with E-state index in [2.05, 4.69) is 5.32 Å². The summed E-state index contributed by atoms with van der Waals surface area (Å²) in [7, 11) is 0. The number of anilines is 1. The van der Waals surface area contributed by atoms with Gasteiger partial charge in [-0.25, -0.2) is 4.79 Å². The highest BCUT2D eigenvalue weighted by molar-refractivity contribution is 5.87. The number of carboxylic acid groups (broad SMARTS) is 1. The van der Waals surface area contributed by atoms with Crippen LogP contribution >= 0.6 is 0 Å². The number of hydrogen-bond acceptors (Lipinski definition) is 3. The van der Waals surface area contributed by atoms with Crippen molar-refractivity contribution in [3.8, 4) is 0 Å². The third-order valence-corrected chi connectivity index (χ3v) is 3.63. The van der Waals surface area contributed by atoms with Crippen molar-refractivity contribution in [2.45, 2.75) is 31.7 Å². The zero-order valence-electron chi connectivity index (χ0n) is 10.3. The summed E-state index contributed by atoms with van der Waals surface area (Å²) < 4.78 is 0. The Labute approximate surface area is 107 Å². The van der Waals surface area contributed by atoms with Crippen molar-refractivity contribution in [2.75, 3.05) is 11.9 Å². The van der Waals surface area contributed by atoms with Crippen molar-refractivity contribution >= 4 is 11.7 Å². The van der Waals surface area contributed by atoms with Crippen molar-refractivity contribution in [3.05, 3.63) is 29.8 Å². The number of carbonyl (C=O) groups is 1. The number of hydrogen-bond donors (Lipinski definition) is 3. The highest BCUT2D eigenvalue weighted by atomic mass is 16.4. The zero-order chi connectivity index (χ0) is 13.0. The van der Waals surface area contributed by atoms with E-state index in [0.29, 0.717) is 17.5 Å². The van der Waals surface area contributed by atoms with Crippen LogP contribution in [0.2, 0.25) is 0 Å². The van der Waals surface area contributed by atoms with Gasteiger partial charge in [-0.15, -0.1) is 0 Å². The average Bonchev–Trinajstić information content (AvgIpc) is 2.40. The van der Waals surface area contributed by atoms with Gasteiger partial charge in [0, 0.05) is 24.3 Å². The Morgan fingerprint density at radius 2 is 1.89 bits per heavy atom. The Bertz CT molecular complexity index is 402. The van der Waals surface area contributed by atoms with Gasteiger partial charge in [0.1, 0.15) is 0 Å². The molecule has 2 rings (SSSR count). The number of rotatable bonds is 4. The second kappa shape index (κ2) is 5.87. The fraction of sp³-hybridized carbons (Fsp3) is 0.500. The summed E-state index contributed by atoms with van der Waals surface area (Å²) in [6.07, 6.45) is 4.48. The molecule has 0 amide bonds. The Morgan fingerprint density at radius 3 is 2.50 bits per heavy atom.